The first-order valence-corrected chi connectivity index (χ1v) is 12.1. The van der Waals surface area contributed by atoms with Crippen LogP contribution >= 0.6 is 0 Å². The van der Waals surface area contributed by atoms with E-state index in [1.807, 2.05) is 19.1 Å². The molecule has 3 saturated heterocycles. The Kier molecular flexibility index (Phi) is 6.60. The van der Waals surface area contributed by atoms with Gasteiger partial charge in [0, 0.05) is 62.0 Å². The summed E-state index contributed by atoms with van der Waals surface area (Å²) in [6.45, 7) is 5.91. The molecule has 10 heteroatoms. The predicted molar refractivity (Wildman–Crippen MR) is 127 cm³/mol. The van der Waals surface area contributed by atoms with Crippen molar-refractivity contribution in [2.75, 3.05) is 48.4 Å². The van der Waals surface area contributed by atoms with Crippen LogP contribution in [0, 0.1) is 18.3 Å². The van der Waals surface area contributed by atoms with Gasteiger partial charge in [-0.3, -0.25) is 10.00 Å². The summed E-state index contributed by atoms with van der Waals surface area (Å²) < 4.78 is 5.53. The minimum absolute atomic E-state index is 0.332. The van der Waals surface area contributed by atoms with E-state index in [0.717, 1.165) is 55.6 Å². The quantitative estimate of drug-likeness (QED) is 0.584. The van der Waals surface area contributed by atoms with Crippen molar-refractivity contribution in [2.24, 2.45) is 0 Å². The summed E-state index contributed by atoms with van der Waals surface area (Å²) in [4.78, 5) is 14.5. The third-order valence-corrected chi connectivity index (χ3v) is 6.95. The Balaban J connectivity index is 1.34. The van der Waals surface area contributed by atoms with E-state index >= 15 is 0 Å². The molecule has 0 aliphatic carbocycles. The second-order valence-electron chi connectivity index (χ2n) is 9.29. The molecule has 3 fully saturated rings. The average Bonchev–Trinajstić information content (AvgIpc) is 3.22. The van der Waals surface area contributed by atoms with Gasteiger partial charge in [0.25, 0.3) is 0 Å². The van der Waals surface area contributed by atoms with Crippen LogP contribution in [0.4, 0.5) is 23.4 Å². The third kappa shape index (κ3) is 5.20. The molecular weight excluding hydrogens is 418 g/mol. The first-order chi connectivity index (χ1) is 16.2. The van der Waals surface area contributed by atoms with Crippen molar-refractivity contribution in [1.29, 1.82) is 5.26 Å². The van der Waals surface area contributed by atoms with Crippen LogP contribution in [0.3, 0.4) is 0 Å². The first-order valence-electron chi connectivity index (χ1n) is 12.1. The van der Waals surface area contributed by atoms with Gasteiger partial charge in [0.05, 0.1) is 19.3 Å². The minimum Gasteiger partial charge on any atom is -0.378 e. The molecule has 2 aromatic heterocycles. The highest BCUT2D eigenvalue weighted by molar-refractivity contribution is 5.59. The molecule has 3 atom stereocenters. The van der Waals surface area contributed by atoms with Crippen molar-refractivity contribution in [3.05, 3.63) is 17.8 Å². The van der Waals surface area contributed by atoms with Crippen LogP contribution in [0.2, 0.25) is 0 Å². The molecule has 10 nitrogen and oxygen atoms in total. The number of ether oxygens (including phenoxy) is 1. The highest BCUT2D eigenvalue weighted by Gasteiger charge is 2.38. The fraction of sp³-hybridized carbons (Fsp3) is 0.652. The maximum Gasteiger partial charge on any atom is 0.226 e. The summed E-state index contributed by atoms with van der Waals surface area (Å²) in [6, 6.07) is 7.67. The normalized spacial score (nSPS) is 25.5. The lowest BCUT2D eigenvalue weighted by Gasteiger charge is -2.48. The molecule has 2 aromatic rings. The van der Waals surface area contributed by atoms with Gasteiger partial charge in [0.15, 0.2) is 5.82 Å². The SMILES string of the molecule is Cc1cc(Nc2cc(N3CCOCC3)nc(N[C@@H]3C[C@H]4CCC[C@@H](C3)N4CCC#N)n2)n[nH]1. The number of morpholine rings is 1. The van der Waals surface area contributed by atoms with Gasteiger partial charge in [-0.05, 0) is 32.6 Å². The van der Waals surface area contributed by atoms with Gasteiger partial charge in [-0.25, -0.2) is 0 Å². The number of nitrogens with zero attached hydrogens (tertiary/aromatic N) is 6. The van der Waals surface area contributed by atoms with Crippen molar-refractivity contribution in [3.63, 3.8) is 0 Å². The number of aryl methyl sites for hydroxylation is 1. The predicted octanol–water partition coefficient (Wildman–Crippen LogP) is 2.80. The molecule has 0 aromatic carbocycles. The lowest BCUT2D eigenvalue weighted by Crippen LogP contribution is -2.55. The highest BCUT2D eigenvalue weighted by atomic mass is 16.5. The minimum atomic E-state index is 0.332. The third-order valence-electron chi connectivity index (χ3n) is 6.95. The molecule has 3 N–H and O–H groups in total. The lowest BCUT2D eigenvalue weighted by atomic mass is 9.81. The van der Waals surface area contributed by atoms with Gasteiger partial charge in [-0.1, -0.05) is 6.42 Å². The Bertz CT molecular complexity index is 967. The van der Waals surface area contributed by atoms with Crippen molar-refractivity contribution >= 4 is 23.4 Å². The molecular formula is C23H33N9O. The Labute approximate surface area is 194 Å². The molecule has 5 rings (SSSR count). The zero-order valence-electron chi connectivity index (χ0n) is 19.3. The number of hydrogen-bond acceptors (Lipinski definition) is 9. The number of aromatic nitrogens is 4. The number of fused-ring (bicyclic) bond motifs is 2. The molecule has 0 unspecified atom stereocenters. The van der Waals surface area contributed by atoms with Crippen molar-refractivity contribution in [3.8, 4) is 6.07 Å². The molecule has 0 amide bonds. The van der Waals surface area contributed by atoms with E-state index < -0.39 is 0 Å². The molecule has 176 valence electrons. The fourth-order valence-electron chi connectivity index (χ4n) is 5.45. The van der Waals surface area contributed by atoms with Gasteiger partial charge in [-0.2, -0.15) is 20.3 Å². The number of anilines is 4. The molecule has 0 radical (unpaired) electrons. The topological polar surface area (TPSA) is 118 Å². The standard InChI is InChI=1S/C23H33N9O/c1-16-12-21(30-29-16)26-20-15-22(31-8-10-33-11-9-31)28-23(27-20)25-17-13-18-4-2-5-19(14-17)32(18)7-3-6-24/h12,15,17-19H,2-5,7-11,13-14H2,1H3,(H3,25,26,27,28,29,30)/t17-,18-,19+. The van der Waals surface area contributed by atoms with Gasteiger partial charge in [-0.15, -0.1) is 0 Å². The highest BCUT2D eigenvalue weighted by Crippen LogP contribution is 2.35. The molecule has 3 aliphatic heterocycles. The number of aromatic amines is 1. The Morgan fingerprint density at radius 2 is 1.94 bits per heavy atom. The zero-order valence-corrected chi connectivity index (χ0v) is 19.3. The van der Waals surface area contributed by atoms with Crippen LogP contribution < -0.4 is 15.5 Å². The van der Waals surface area contributed by atoms with Gasteiger partial charge in [0.1, 0.15) is 11.6 Å². The van der Waals surface area contributed by atoms with E-state index in [1.54, 1.807) is 0 Å². The molecule has 33 heavy (non-hydrogen) atoms. The van der Waals surface area contributed by atoms with E-state index in [2.05, 4.69) is 36.7 Å². The maximum absolute atomic E-state index is 9.04. The number of nitrogens with one attached hydrogen (secondary N) is 3. The monoisotopic (exact) mass is 451 g/mol. The number of rotatable bonds is 7. The van der Waals surface area contributed by atoms with E-state index in [9.17, 15) is 0 Å². The maximum atomic E-state index is 9.04. The zero-order chi connectivity index (χ0) is 22.6. The number of nitriles is 1. The Hall–Kier alpha value is -2.90. The number of piperidine rings is 2. The van der Waals surface area contributed by atoms with Crippen LogP contribution in [-0.2, 0) is 4.74 Å². The van der Waals surface area contributed by atoms with Crippen LogP contribution in [0.15, 0.2) is 12.1 Å². The second kappa shape index (κ2) is 9.93. The summed E-state index contributed by atoms with van der Waals surface area (Å²) >= 11 is 0. The number of H-pyrrole nitrogens is 1. The average molecular weight is 452 g/mol. The molecule has 2 bridgehead atoms. The Morgan fingerprint density at radius 1 is 1.15 bits per heavy atom. The first kappa shape index (κ1) is 21.9. The van der Waals surface area contributed by atoms with E-state index in [4.69, 9.17) is 20.0 Å². The largest absolute Gasteiger partial charge is 0.378 e. The molecule has 5 heterocycles. The van der Waals surface area contributed by atoms with Crippen LogP contribution in [-0.4, -0.2) is 76.0 Å². The summed E-state index contributed by atoms with van der Waals surface area (Å²) in [5, 5.41) is 23.3. The molecule has 0 spiro atoms. The smallest absolute Gasteiger partial charge is 0.226 e. The fourth-order valence-corrected chi connectivity index (χ4v) is 5.45. The van der Waals surface area contributed by atoms with E-state index in [-0.39, 0.29) is 0 Å². The Morgan fingerprint density at radius 3 is 2.64 bits per heavy atom. The molecule has 3 aliphatic rings. The molecule has 0 saturated carbocycles. The van der Waals surface area contributed by atoms with Crippen LogP contribution in [0.5, 0.6) is 0 Å². The van der Waals surface area contributed by atoms with Crippen molar-refractivity contribution in [1.82, 2.24) is 25.1 Å². The van der Waals surface area contributed by atoms with E-state index in [0.29, 0.717) is 43.7 Å². The van der Waals surface area contributed by atoms with Crippen molar-refractivity contribution in [2.45, 2.75) is 63.6 Å². The van der Waals surface area contributed by atoms with E-state index in [1.165, 1.54) is 19.3 Å². The van der Waals surface area contributed by atoms with Crippen molar-refractivity contribution < 1.29 is 4.74 Å². The summed E-state index contributed by atoms with van der Waals surface area (Å²) in [7, 11) is 0. The van der Waals surface area contributed by atoms with Crippen LogP contribution in [0.25, 0.3) is 0 Å². The van der Waals surface area contributed by atoms with Gasteiger partial charge in [0.2, 0.25) is 5.95 Å². The summed E-state index contributed by atoms with van der Waals surface area (Å²) in [6.07, 6.45) is 6.44. The number of hydrogen-bond donors (Lipinski definition) is 3. The van der Waals surface area contributed by atoms with Gasteiger partial charge >= 0.3 is 0 Å². The second-order valence-corrected chi connectivity index (χ2v) is 9.29. The van der Waals surface area contributed by atoms with Crippen LogP contribution in [0.1, 0.15) is 44.2 Å². The summed E-state index contributed by atoms with van der Waals surface area (Å²) in [5.41, 5.74) is 0.994. The summed E-state index contributed by atoms with van der Waals surface area (Å²) in [5.74, 6) is 3.03. The van der Waals surface area contributed by atoms with Gasteiger partial charge < -0.3 is 20.3 Å². The lowest BCUT2D eigenvalue weighted by molar-refractivity contribution is 0.0369.